The Labute approximate surface area is 102 Å². The number of hydrogen-bond donors (Lipinski definition) is 1. The van der Waals surface area contributed by atoms with Crippen molar-refractivity contribution in [2.24, 2.45) is 0 Å². The van der Waals surface area contributed by atoms with Gasteiger partial charge in [0.25, 0.3) is 5.91 Å². The van der Waals surface area contributed by atoms with E-state index in [1.54, 1.807) is 18.9 Å². The first kappa shape index (κ1) is 11.8. The fourth-order valence-electron chi connectivity index (χ4n) is 1.93. The number of amides is 1. The SMILES string of the molecule is CC(C)Nc1ccc2c(c1)N(C)C(=O)C(C)O2. The summed E-state index contributed by atoms with van der Waals surface area (Å²) in [5.41, 5.74) is 1.82. The summed E-state index contributed by atoms with van der Waals surface area (Å²) in [6.45, 7) is 5.92. The maximum absolute atomic E-state index is 11.8. The smallest absolute Gasteiger partial charge is 0.267 e. The molecule has 1 N–H and O–H groups in total. The quantitative estimate of drug-likeness (QED) is 0.853. The van der Waals surface area contributed by atoms with Gasteiger partial charge in [0, 0.05) is 18.8 Å². The van der Waals surface area contributed by atoms with Crippen LogP contribution in [0.2, 0.25) is 0 Å². The minimum Gasteiger partial charge on any atom is -0.479 e. The third-order valence-electron chi connectivity index (χ3n) is 2.76. The molecule has 1 heterocycles. The molecule has 2 rings (SSSR count). The second kappa shape index (κ2) is 4.28. The minimum absolute atomic E-state index is 0.0146. The van der Waals surface area contributed by atoms with Crippen molar-refractivity contribution in [3.8, 4) is 5.75 Å². The summed E-state index contributed by atoms with van der Waals surface area (Å²) in [5.74, 6) is 0.744. The van der Waals surface area contributed by atoms with Gasteiger partial charge in [-0.2, -0.15) is 0 Å². The highest BCUT2D eigenvalue weighted by molar-refractivity contribution is 5.99. The van der Waals surface area contributed by atoms with Crippen LogP contribution in [0, 0.1) is 0 Å². The van der Waals surface area contributed by atoms with E-state index in [0.717, 1.165) is 17.1 Å². The van der Waals surface area contributed by atoms with Crippen LogP contribution in [0.5, 0.6) is 5.75 Å². The lowest BCUT2D eigenvalue weighted by atomic mass is 10.1. The predicted molar refractivity (Wildman–Crippen MR) is 68.7 cm³/mol. The lowest BCUT2D eigenvalue weighted by Crippen LogP contribution is -2.41. The molecule has 0 radical (unpaired) electrons. The third-order valence-corrected chi connectivity index (χ3v) is 2.76. The molecule has 0 fully saturated rings. The summed E-state index contributed by atoms with van der Waals surface area (Å²) in [4.78, 5) is 13.4. The molecule has 1 atom stereocenters. The van der Waals surface area contributed by atoms with E-state index in [0.29, 0.717) is 6.04 Å². The molecule has 1 aliphatic heterocycles. The van der Waals surface area contributed by atoms with Crippen LogP contribution in [0.4, 0.5) is 11.4 Å². The summed E-state index contributed by atoms with van der Waals surface area (Å²) >= 11 is 0. The number of benzene rings is 1. The Morgan fingerprint density at radius 1 is 1.41 bits per heavy atom. The highest BCUT2D eigenvalue weighted by Gasteiger charge is 2.28. The summed E-state index contributed by atoms with van der Waals surface area (Å²) in [6.07, 6.45) is -0.406. The normalized spacial score (nSPS) is 19.0. The van der Waals surface area contributed by atoms with Crippen molar-refractivity contribution in [3.05, 3.63) is 18.2 Å². The van der Waals surface area contributed by atoms with Gasteiger partial charge in [-0.05, 0) is 39.0 Å². The molecule has 1 aromatic rings. The van der Waals surface area contributed by atoms with Crippen LogP contribution in [-0.2, 0) is 4.79 Å². The Kier molecular flexibility index (Phi) is 2.96. The first-order chi connectivity index (χ1) is 7.99. The van der Waals surface area contributed by atoms with E-state index in [4.69, 9.17) is 4.74 Å². The zero-order valence-corrected chi connectivity index (χ0v) is 10.7. The molecule has 0 aliphatic carbocycles. The first-order valence-electron chi connectivity index (χ1n) is 5.84. The molecule has 17 heavy (non-hydrogen) atoms. The van der Waals surface area contributed by atoms with Crippen LogP contribution >= 0.6 is 0 Å². The maximum atomic E-state index is 11.8. The van der Waals surface area contributed by atoms with Crippen LogP contribution in [0.15, 0.2) is 18.2 Å². The number of nitrogens with zero attached hydrogens (tertiary/aromatic N) is 1. The van der Waals surface area contributed by atoms with Gasteiger partial charge in [-0.15, -0.1) is 0 Å². The van der Waals surface area contributed by atoms with Crippen LogP contribution in [0.25, 0.3) is 0 Å². The van der Waals surface area contributed by atoms with Crippen molar-refractivity contribution in [3.63, 3.8) is 0 Å². The predicted octanol–water partition coefficient (Wildman–Crippen LogP) is 2.25. The largest absolute Gasteiger partial charge is 0.479 e. The Morgan fingerprint density at radius 3 is 2.76 bits per heavy atom. The number of carbonyl (C=O) groups is 1. The zero-order chi connectivity index (χ0) is 12.6. The Balaban J connectivity index is 2.35. The summed E-state index contributed by atoms with van der Waals surface area (Å²) in [5, 5.41) is 3.31. The molecule has 1 aromatic carbocycles. The van der Waals surface area contributed by atoms with Gasteiger partial charge < -0.3 is 15.0 Å². The molecule has 0 spiro atoms. The van der Waals surface area contributed by atoms with Crippen molar-refractivity contribution in [2.45, 2.75) is 32.9 Å². The molecule has 0 saturated carbocycles. The fourth-order valence-corrected chi connectivity index (χ4v) is 1.93. The van der Waals surface area contributed by atoms with E-state index in [-0.39, 0.29) is 5.91 Å². The second-order valence-corrected chi connectivity index (χ2v) is 4.64. The average Bonchev–Trinajstić information content (AvgIpc) is 2.26. The van der Waals surface area contributed by atoms with Crippen molar-refractivity contribution in [1.82, 2.24) is 0 Å². The van der Waals surface area contributed by atoms with E-state index >= 15 is 0 Å². The maximum Gasteiger partial charge on any atom is 0.267 e. The van der Waals surface area contributed by atoms with Gasteiger partial charge in [0.2, 0.25) is 0 Å². The second-order valence-electron chi connectivity index (χ2n) is 4.64. The molecule has 92 valence electrons. The van der Waals surface area contributed by atoms with Gasteiger partial charge >= 0.3 is 0 Å². The molecule has 0 bridgehead atoms. The molecular weight excluding hydrogens is 216 g/mol. The number of anilines is 2. The molecule has 4 nitrogen and oxygen atoms in total. The fraction of sp³-hybridized carbons (Fsp3) is 0.462. The highest BCUT2D eigenvalue weighted by atomic mass is 16.5. The van der Waals surface area contributed by atoms with Crippen molar-refractivity contribution >= 4 is 17.3 Å². The van der Waals surface area contributed by atoms with Gasteiger partial charge in [-0.3, -0.25) is 4.79 Å². The number of carbonyl (C=O) groups excluding carboxylic acids is 1. The number of likely N-dealkylation sites (N-methyl/N-ethyl adjacent to an activating group) is 1. The molecule has 4 heteroatoms. The standard InChI is InChI=1S/C13H18N2O2/c1-8(2)14-10-5-6-12-11(7-10)15(4)13(16)9(3)17-12/h5-9,14H,1-4H3. The van der Waals surface area contributed by atoms with Gasteiger partial charge in [0.1, 0.15) is 5.75 Å². The van der Waals surface area contributed by atoms with Crippen LogP contribution in [-0.4, -0.2) is 25.1 Å². The molecule has 1 aliphatic rings. The van der Waals surface area contributed by atoms with E-state index in [1.807, 2.05) is 18.2 Å². The third kappa shape index (κ3) is 2.20. The minimum atomic E-state index is -0.406. The van der Waals surface area contributed by atoms with Crippen LogP contribution < -0.4 is 15.0 Å². The lowest BCUT2D eigenvalue weighted by molar-refractivity contribution is -0.125. The molecular formula is C13H18N2O2. The topological polar surface area (TPSA) is 41.6 Å². The van der Waals surface area contributed by atoms with Crippen molar-refractivity contribution < 1.29 is 9.53 Å². The number of ether oxygens (including phenoxy) is 1. The zero-order valence-electron chi connectivity index (χ0n) is 10.7. The van der Waals surface area contributed by atoms with Gasteiger partial charge in [-0.25, -0.2) is 0 Å². The van der Waals surface area contributed by atoms with Gasteiger partial charge in [-0.1, -0.05) is 0 Å². The van der Waals surface area contributed by atoms with Gasteiger partial charge in [0.15, 0.2) is 6.10 Å². The molecule has 0 saturated heterocycles. The van der Waals surface area contributed by atoms with E-state index < -0.39 is 6.10 Å². The first-order valence-corrected chi connectivity index (χ1v) is 5.84. The number of fused-ring (bicyclic) bond motifs is 1. The van der Waals surface area contributed by atoms with Crippen molar-refractivity contribution in [1.29, 1.82) is 0 Å². The lowest BCUT2D eigenvalue weighted by Gasteiger charge is -2.30. The van der Waals surface area contributed by atoms with Crippen LogP contribution in [0.1, 0.15) is 20.8 Å². The number of hydrogen-bond acceptors (Lipinski definition) is 3. The Hall–Kier alpha value is -1.71. The molecule has 1 amide bonds. The number of rotatable bonds is 2. The average molecular weight is 234 g/mol. The Morgan fingerprint density at radius 2 is 2.12 bits per heavy atom. The summed E-state index contributed by atoms with van der Waals surface area (Å²) in [6, 6.07) is 6.17. The van der Waals surface area contributed by atoms with E-state index in [1.165, 1.54) is 0 Å². The van der Waals surface area contributed by atoms with E-state index in [2.05, 4.69) is 19.2 Å². The summed E-state index contributed by atoms with van der Waals surface area (Å²) in [7, 11) is 1.78. The van der Waals surface area contributed by atoms with E-state index in [9.17, 15) is 4.79 Å². The van der Waals surface area contributed by atoms with Crippen LogP contribution in [0.3, 0.4) is 0 Å². The Bertz CT molecular complexity index is 443. The van der Waals surface area contributed by atoms with Crippen molar-refractivity contribution in [2.75, 3.05) is 17.3 Å². The molecule has 0 aromatic heterocycles. The summed E-state index contributed by atoms with van der Waals surface area (Å²) < 4.78 is 5.56. The molecule has 1 unspecified atom stereocenters. The number of nitrogens with one attached hydrogen (secondary N) is 1. The monoisotopic (exact) mass is 234 g/mol. The highest BCUT2D eigenvalue weighted by Crippen LogP contribution is 2.35. The van der Waals surface area contributed by atoms with Gasteiger partial charge in [0.05, 0.1) is 5.69 Å².